The highest BCUT2D eigenvalue weighted by atomic mass is 19.1. The van der Waals surface area contributed by atoms with Gasteiger partial charge < -0.3 is 21.5 Å². The van der Waals surface area contributed by atoms with Gasteiger partial charge in [0.15, 0.2) is 11.5 Å². The second-order valence-electron chi connectivity index (χ2n) is 7.01. The van der Waals surface area contributed by atoms with E-state index in [4.69, 9.17) is 5.73 Å². The Hall–Kier alpha value is -3.34. The number of amides is 1. The Balaban J connectivity index is 1.90. The Morgan fingerprint density at radius 2 is 2.10 bits per heavy atom. The van der Waals surface area contributed by atoms with Gasteiger partial charge in [0.05, 0.1) is 35.0 Å². The molecule has 1 amide bonds. The standard InChI is InChI=1S/C18H23FN8O2/c1-4-21-12-5-14(27-15-10(7-25-27)6-24-17(20)26-15)22-8-11(12)16(28)23-9-13(19)18(2,3)29/h5-8,13,29H,4,9H2,1-3H3,(H,21,22)(H,23,28)(H2,20,24,26)/t13-/m1/s1. The van der Waals surface area contributed by atoms with E-state index < -0.39 is 17.7 Å². The van der Waals surface area contributed by atoms with Gasteiger partial charge in [-0.3, -0.25) is 4.79 Å². The smallest absolute Gasteiger partial charge is 0.255 e. The van der Waals surface area contributed by atoms with E-state index in [9.17, 15) is 14.3 Å². The number of nitrogens with zero attached hydrogens (tertiary/aromatic N) is 5. The van der Waals surface area contributed by atoms with Gasteiger partial charge in [-0.05, 0) is 20.8 Å². The molecule has 0 saturated heterocycles. The Morgan fingerprint density at radius 1 is 1.34 bits per heavy atom. The van der Waals surface area contributed by atoms with Crippen molar-refractivity contribution in [2.75, 3.05) is 24.1 Å². The molecule has 154 valence electrons. The molecule has 3 aromatic heterocycles. The molecule has 5 N–H and O–H groups in total. The van der Waals surface area contributed by atoms with Crippen molar-refractivity contribution in [1.29, 1.82) is 0 Å². The zero-order valence-corrected chi connectivity index (χ0v) is 16.3. The zero-order chi connectivity index (χ0) is 21.2. The third-order valence-corrected chi connectivity index (χ3v) is 4.25. The largest absolute Gasteiger partial charge is 0.387 e. The summed E-state index contributed by atoms with van der Waals surface area (Å²) in [5.41, 5.74) is 5.33. The number of nitrogens with one attached hydrogen (secondary N) is 2. The van der Waals surface area contributed by atoms with E-state index in [1.807, 2.05) is 6.92 Å². The Bertz CT molecular complexity index is 1030. The minimum atomic E-state index is -1.61. The monoisotopic (exact) mass is 402 g/mol. The SMILES string of the molecule is CCNc1cc(-n2ncc3cnc(N)nc32)ncc1C(=O)NC[C@@H](F)C(C)(C)O. The number of nitrogen functional groups attached to an aromatic ring is 1. The fraction of sp³-hybridized carbons (Fsp3) is 0.389. The minimum absolute atomic E-state index is 0.106. The highest BCUT2D eigenvalue weighted by Gasteiger charge is 2.27. The lowest BCUT2D eigenvalue weighted by atomic mass is 10.0. The van der Waals surface area contributed by atoms with E-state index in [1.54, 1.807) is 18.5 Å². The summed E-state index contributed by atoms with van der Waals surface area (Å²) in [4.78, 5) is 24.9. The summed E-state index contributed by atoms with van der Waals surface area (Å²) in [6.07, 6.45) is 2.91. The predicted octanol–water partition coefficient (Wildman–Crippen LogP) is 1.06. The summed E-state index contributed by atoms with van der Waals surface area (Å²) in [6.45, 7) is 4.79. The molecular weight excluding hydrogens is 379 g/mol. The summed E-state index contributed by atoms with van der Waals surface area (Å²) in [5, 5.41) is 20.2. The number of aliphatic hydroxyl groups is 1. The van der Waals surface area contributed by atoms with Crippen LogP contribution in [0, 0.1) is 0 Å². The van der Waals surface area contributed by atoms with Crippen LogP contribution in [0.1, 0.15) is 31.1 Å². The molecule has 0 unspecified atom stereocenters. The van der Waals surface area contributed by atoms with Gasteiger partial charge in [0, 0.05) is 25.0 Å². The average molecular weight is 402 g/mol. The third kappa shape index (κ3) is 4.40. The van der Waals surface area contributed by atoms with Crippen molar-refractivity contribution in [1.82, 2.24) is 30.0 Å². The van der Waals surface area contributed by atoms with Crippen LogP contribution in [0.2, 0.25) is 0 Å². The lowest BCUT2D eigenvalue weighted by molar-refractivity contribution is -0.00177. The molecule has 1 atom stereocenters. The normalized spacial score (nSPS) is 12.7. The van der Waals surface area contributed by atoms with Gasteiger partial charge in [0.1, 0.15) is 6.17 Å². The van der Waals surface area contributed by atoms with E-state index in [-0.39, 0.29) is 18.1 Å². The van der Waals surface area contributed by atoms with E-state index in [2.05, 4.69) is 30.7 Å². The van der Waals surface area contributed by atoms with Crippen LogP contribution in [0.4, 0.5) is 16.0 Å². The Morgan fingerprint density at radius 3 is 2.79 bits per heavy atom. The number of nitrogens with two attached hydrogens (primary N) is 1. The first-order valence-electron chi connectivity index (χ1n) is 9.06. The lowest BCUT2D eigenvalue weighted by Crippen LogP contribution is -2.42. The number of hydrogen-bond donors (Lipinski definition) is 4. The topological polar surface area (TPSA) is 144 Å². The van der Waals surface area contributed by atoms with Crippen molar-refractivity contribution in [3.05, 3.63) is 30.2 Å². The van der Waals surface area contributed by atoms with Gasteiger partial charge in [-0.25, -0.2) is 14.4 Å². The molecule has 3 aromatic rings. The van der Waals surface area contributed by atoms with Gasteiger partial charge in [0.2, 0.25) is 5.95 Å². The third-order valence-electron chi connectivity index (χ3n) is 4.25. The van der Waals surface area contributed by atoms with E-state index >= 15 is 0 Å². The van der Waals surface area contributed by atoms with Crippen LogP contribution in [-0.4, -0.2) is 60.6 Å². The fourth-order valence-corrected chi connectivity index (χ4v) is 2.60. The van der Waals surface area contributed by atoms with Crippen LogP contribution in [0.15, 0.2) is 24.7 Å². The van der Waals surface area contributed by atoms with Crippen molar-refractivity contribution < 1.29 is 14.3 Å². The van der Waals surface area contributed by atoms with Crippen molar-refractivity contribution in [3.8, 4) is 5.82 Å². The number of hydrogen-bond acceptors (Lipinski definition) is 8. The van der Waals surface area contributed by atoms with E-state index in [0.29, 0.717) is 29.1 Å². The van der Waals surface area contributed by atoms with Crippen LogP contribution >= 0.6 is 0 Å². The molecular formula is C18H23FN8O2. The molecule has 0 spiro atoms. The molecule has 0 aliphatic carbocycles. The summed E-state index contributed by atoms with van der Waals surface area (Å²) in [6, 6.07) is 1.64. The molecule has 0 saturated carbocycles. The maximum absolute atomic E-state index is 13.9. The van der Waals surface area contributed by atoms with E-state index in [0.717, 1.165) is 0 Å². The fourth-order valence-electron chi connectivity index (χ4n) is 2.60. The first kappa shape index (κ1) is 20.4. The number of pyridine rings is 1. The summed E-state index contributed by atoms with van der Waals surface area (Å²) >= 11 is 0. The van der Waals surface area contributed by atoms with Crippen LogP contribution in [0.25, 0.3) is 16.9 Å². The number of aromatic nitrogens is 5. The van der Waals surface area contributed by atoms with Gasteiger partial charge in [0.25, 0.3) is 5.91 Å². The molecule has 0 aliphatic heterocycles. The molecule has 11 heteroatoms. The number of carbonyl (C=O) groups is 1. The summed E-state index contributed by atoms with van der Waals surface area (Å²) in [7, 11) is 0. The summed E-state index contributed by atoms with van der Waals surface area (Å²) in [5.74, 6) is 0.0176. The molecule has 0 aromatic carbocycles. The van der Waals surface area contributed by atoms with Gasteiger partial charge in [-0.2, -0.15) is 14.8 Å². The van der Waals surface area contributed by atoms with Crippen LogP contribution in [0.5, 0.6) is 0 Å². The van der Waals surface area contributed by atoms with Crippen LogP contribution in [-0.2, 0) is 0 Å². The predicted molar refractivity (Wildman–Crippen MR) is 107 cm³/mol. The lowest BCUT2D eigenvalue weighted by Gasteiger charge is -2.22. The second kappa shape index (κ2) is 7.95. The highest BCUT2D eigenvalue weighted by Crippen LogP contribution is 2.21. The van der Waals surface area contributed by atoms with Crippen LogP contribution < -0.4 is 16.4 Å². The molecule has 3 rings (SSSR count). The molecule has 0 bridgehead atoms. The second-order valence-corrected chi connectivity index (χ2v) is 7.01. The molecule has 3 heterocycles. The maximum Gasteiger partial charge on any atom is 0.255 e. The van der Waals surface area contributed by atoms with Crippen molar-refractivity contribution in [2.24, 2.45) is 0 Å². The molecule has 29 heavy (non-hydrogen) atoms. The molecule has 0 aliphatic rings. The van der Waals surface area contributed by atoms with E-state index in [1.165, 1.54) is 24.7 Å². The number of anilines is 2. The quantitative estimate of drug-likeness (QED) is 0.459. The maximum atomic E-state index is 13.9. The highest BCUT2D eigenvalue weighted by molar-refractivity contribution is 5.99. The number of fused-ring (bicyclic) bond motifs is 1. The molecule has 0 radical (unpaired) electrons. The molecule has 10 nitrogen and oxygen atoms in total. The Labute approximate surface area is 166 Å². The zero-order valence-electron chi connectivity index (χ0n) is 16.3. The van der Waals surface area contributed by atoms with Gasteiger partial charge in [-0.15, -0.1) is 0 Å². The first-order chi connectivity index (χ1) is 13.7. The first-order valence-corrected chi connectivity index (χ1v) is 9.06. The number of halogens is 1. The minimum Gasteiger partial charge on any atom is -0.387 e. The number of carbonyl (C=O) groups excluding carboxylic acids is 1. The number of alkyl halides is 1. The molecule has 0 fully saturated rings. The van der Waals surface area contributed by atoms with Crippen LogP contribution in [0.3, 0.4) is 0 Å². The summed E-state index contributed by atoms with van der Waals surface area (Å²) < 4.78 is 15.4. The van der Waals surface area contributed by atoms with Gasteiger partial charge >= 0.3 is 0 Å². The van der Waals surface area contributed by atoms with Crippen molar-refractivity contribution >= 4 is 28.6 Å². The Kier molecular flexibility index (Phi) is 5.59. The van der Waals surface area contributed by atoms with Gasteiger partial charge in [-0.1, -0.05) is 0 Å². The average Bonchev–Trinajstić information content (AvgIpc) is 3.08. The van der Waals surface area contributed by atoms with Crippen molar-refractivity contribution in [3.63, 3.8) is 0 Å². The number of rotatable bonds is 7. The van der Waals surface area contributed by atoms with Crippen molar-refractivity contribution in [2.45, 2.75) is 32.5 Å².